The maximum Gasteiger partial charge on any atom is 0.269 e. The summed E-state index contributed by atoms with van der Waals surface area (Å²) in [4.78, 5) is 10.3. The Kier molecular flexibility index (Phi) is 5.32. The summed E-state index contributed by atoms with van der Waals surface area (Å²) >= 11 is 1.56. The molecule has 0 aliphatic carbocycles. The number of thioether (sulfide) groups is 1. The highest BCUT2D eigenvalue weighted by atomic mass is 32.2. The Hall–Kier alpha value is -2.67. The van der Waals surface area contributed by atoms with Crippen molar-refractivity contribution in [3.05, 3.63) is 69.8 Å². The molecule has 0 aliphatic heterocycles. The number of non-ortho nitro benzene ring substituents is 1. The highest BCUT2D eigenvalue weighted by molar-refractivity contribution is 7.98. The van der Waals surface area contributed by atoms with E-state index in [1.54, 1.807) is 23.9 Å². The lowest BCUT2D eigenvalue weighted by Gasteiger charge is -2.19. The lowest BCUT2D eigenvalue weighted by Crippen LogP contribution is -2.10. The molecule has 0 atom stereocenters. The summed E-state index contributed by atoms with van der Waals surface area (Å²) < 4.78 is 1.97. The van der Waals surface area contributed by atoms with Crippen LogP contribution in [0, 0.1) is 10.1 Å². The van der Waals surface area contributed by atoms with E-state index >= 15 is 0 Å². The summed E-state index contributed by atoms with van der Waals surface area (Å²) in [6.07, 6.45) is 0. The highest BCUT2D eigenvalue weighted by Crippen LogP contribution is 2.28. The molecule has 0 unspecified atom stereocenters. The first kappa shape index (κ1) is 19.1. The fourth-order valence-electron chi connectivity index (χ4n) is 2.67. The van der Waals surface area contributed by atoms with E-state index in [4.69, 9.17) is 0 Å². The van der Waals surface area contributed by atoms with E-state index in [2.05, 4.69) is 55.2 Å². The molecule has 0 saturated carbocycles. The van der Waals surface area contributed by atoms with Gasteiger partial charge >= 0.3 is 0 Å². The molecule has 0 saturated heterocycles. The standard InChI is InChI=1S/C20H22N4O2S/c1-20(2,3)16-9-7-15(8-10-16)18-21-22-19(23(18)4)27-13-14-5-11-17(12-6-14)24(25)26/h5-12H,13H2,1-4H3. The van der Waals surface area contributed by atoms with Crippen molar-refractivity contribution >= 4 is 17.4 Å². The van der Waals surface area contributed by atoms with Crippen LogP contribution in [0.4, 0.5) is 5.69 Å². The summed E-state index contributed by atoms with van der Waals surface area (Å²) in [6, 6.07) is 15.0. The van der Waals surface area contributed by atoms with Crippen molar-refractivity contribution in [2.24, 2.45) is 7.05 Å². The Bertz CT molecular complexity index is 942. The minimum atomic E-state index is -0.392. The van der Waals surface area contributed by atoms with Gasteiger partial charge in [-0.3, -0.25) is 10.1 Å². The number of benzene rings is 2. The Morgan fingerprint density at radius 1 is 1.04 bits per heavy atom. The van der Waals surface area contributed by atoms with Gasteiger partial charge in [0.15, 0.2) is 11.0 Å². The number of hydrogen-bond donors (Lipinski definition) is 0. The summed E-state index contributed by atoms with van der Waals surface area (Å²) in [6.45, 7) is 6.58. The fraction of sp³-hybridized carbons (Fsp3) is 0.300. The van der Waals surface area contributed by atoms with Crippen molar-refractivity contribution in [2.75, 3.05) is 0 Å². The van der Waals surface area contributed by atoms with E-state index in [1.165, 1.54) is 17.7 Å². The van der Waals surface area contributed by atoms with E-state index in [1.807, 2.05) is 11.6 Å². The first-order valence-corrected chi connectivity index (χ1v) is 9.61. The molecule has 2 aromatic carbocycles. The number of aromatic nitrogens is 3. The molecular formula is C20H22N4O2S. The van der Waals surface area contributed by atoms with Gasteiger partial charge in [-0.2, -0.15) is 0 Å². The number of nitro benzene ring substituents is 1. The van der Waals surface area contributed by atoms with E-state index in [-0.39, 0.29) is 11.1 Å². The molecule has 6 nitrogen and oxygen atoms in total. The minimum Gasteiger partial charge on any atom is -0.305 e. The van der Waals surface area contributed by atoms with Gasteiger partial charge in [0.05, 0.1) is 4.92 Å². The van der Waals surface area contributed by atoms with Crippen LogP contribution >= 0.6 is 11.8 Å². The number of nitro groups is 1. The molecule has 0 aliphatic rings. The summed E-state index contributed by atoms with van der Waals surface area (Å²) in [5.74, 6) is 1.49. The average Bonchev–Trinajstić information content (AvgIpc) is 3.00. The maximum atomic E-state index is 10.7. The zero-order valence-corrected chi connectivity index (χ0v) is 16.7. The van der Waals surface area contributed by atoms with Gasteiger partial charge in [0.2, 0.25) is 0 Å². The third-order valence-electron chi connectivity index (χ3n) is 4.36. The molecule has 27 heavy (non-hydrogen) atoms. The predicted octanol–water partition coefficient (Wildman–Crippen LogP) is 4.98. The van der Waals surface area contributed by atoms with Gasteiger partial charge in [0, 0.05) is 30.5 Å². The highest BCUT2D eigenvalue weighted by Gasteiger charge is 2.15. The molecule has 7 heteroatoms. The first-order chi connectivity index (χ1) is 12.8. The van der Waals surface area contributed by atoms with Crippen LogP contribution in [0.3, 0.4) is 0 Å². The van der Waals surface area contributed by atoms with E-state index in [0.29, 0.717) is 5.75 Å². The van der Waals surface area contributed by atoms with Crippen LogP contribution in [0.25, 0.3) is 11.4 Å². The molecule has 0 N–H and O–H groups in total. The third kappa shape index (κ3) is 4.36. The maximum absolute atomic E-state index is 10.7. The molecule has 0 bridgehead atoms. The molecule has 3 rings (SSSR count). The summed E-state index contributed by atoms with van der Waals surface area (Å²) in [7, 11) is 1.95. The Labute approximate surface area is 162 Å². The molecule has 140 valence electrons. The van der Waals surface area contributed by atoms with Crippen molar-refractivity contribution in [3.63, 3.8) is 0 Å². The molecule has 1 aromatic heterocycles. The van der Waals surface area contributed by atoms with Gasteiger partial charge in [-0.25, -0.2) is 0 Å². The van der Waals surface area contributed by atoms with Crippen LogP contribution in [0.2, 0.25) is 0 Å². The molecular weight excluding hydrogens is 360 g/mol. The van der Waals surface area contributed by atoms with Gasteiger partial charge in [-0.1, -0.05) is 68.9 Å². The number of nitrogens with zero attached hydrogens (tertiary/aromatic N) is 4. The largest absolute Gasteiger partial charge is 0.305 e. The molecule has 0 radical (unpaired) electrons. The van der Waals surface area contributed by atoms with Crippen LogP contribution < -0.4 is 0 Å². The van der Waals surface area contributed by atoms with Gasteiger partial charge in [0.1, 0.15) is 0 Å². The predicted molar refractivity (Wildman–Crippen MR) is 108 cm³/mol. The van der Waals surface area contributed by atoms with Gasteiger partial charge in [-0.05, 0) is 16.5 Å². The Morgan fingerprint density at radius 3 is 2.22 bits per heavy atom. The van der Waals surface area contributed by atoms with Crippen molar-refractivity contribution < 1.29 is 4.92 Å². The second-order valence-electron chi connectivity index (χ2n) is 7.40. The zero-order valence-electron chi connectivity index (χ0n) is 15.8. The van der Waals surface area contributed by atoms with E-state index < -0.39 is 4.92 Å². The van der Waals surface area contributed by atoms with Crippen LogP contribution in [0.1, 0.15) is 31.9 Å². The molecule has 0 fully saturated rings. The van der Waals surface area contributed by atoms with Gasteiger partial charge in [-0.15, -0.1) is 10.2 Å². The Morgan fingerprint density at radius 2 is 1.67 bits per heavy atom. The summed E-state index contributed by atoms with van der Waals surface area (Å²) in [5, 5.41) is 20.2. The van der Waals surface area contributed by atoms with Crippen molar-refractivity contribution in [1.82, 2.24) is 14.8 Å². The lowest BCUT2D eigenvalue weighted by molar-refractivity contribution is -0.384. The van der Waals surface area contributed by atoms with Crippen molar-refractivity contribution in [2.45, 2.75) is 37.1 Å². The second-order valence-corrected chi connectivity index (χ2v) is 8.35. The number of hydrogen-bond acceptors (Lipinski definition) is 5. The van der Waals surface area contributed by atoms with E-state index in [9.17, 15) is 10.1 Å². The van der Waals surface area contributed by atoms with Crippen LogP contribution in [-0.4, -0.2) is 19.7 Å². The lowest BCUT2D eigenvalue weighted by atomic mass is 9.87. The van der Waals surface area contributed by atoms with Crippen LogP contribution in [0.15, 0.2) is 53.7 Å². The molecule has 0 spiro atoms. The SMILES string of the molecule is Cn1c(SCc2ccc([N+](=O)[O-])cc2)nnc1-c1ccc(C(C)(C)C)cc1. The van der Waals surface area contributed by atoms with Crippen LogP contribution in [0.5, 0.6) is 0 Å². The van der Waals surface area contributed by atoms with Gasteiger partial charge in [0.25, 0.3) is 5.69 Å². The van der Waals surface area contributed by atoms with Crippen molar-refractivity contribution in [1.29, 1.82) is 0 Å². The topological polar surface area (TPSA) is 73.8 Å². The normalized spacial score (nSPS) is 11.6. The number of rotatable bonds is 5. The summed E-state index contributed by atoms with van der Waals surface area (Å²) in [5.41, 5.74) is 3.53. The quantitative estimate of drug-likeness (QED) is 0.353. The molecule has 0 amide bonds. The van der Waals surface area contributed by atoms with Crippen LogP contribution in [-0.2, 0) is 18.2 Å². The minimum absolute atomic E-state index is 0.100. The average molecular weight is 382 g/mol. The zero-order chi connectivity index (χ0) is 19.6. The van der Waals surface area contributed by atoms with E-state index in [0.717, 1.165) is 22.1 Å². The fourth-order valence-corrected chi connectivity index (χ4v) is 3.54. The second kappa shape index (κ2) is 7.52. The smallest absolute Gasteiger partial charge is 0.269 e. The molecule has 3 aromatic rings. The molecule has 1 heterocycles. The monoisotopic (exact) mass is 382 g/mol. The Balaban J connectivity index is 1.72. The van der Waals surface area contributed by atoms with Gasteiger partial charge < -0.3 is 4.57 Å². The van der Waals surface area contributed by atoms with Crippen molar-refractivity contribution in [3.8, 4) is 11.4 Å². The first-order valence-electron chi connectivity index (χ1n) is 8.62. The third-order valence-corrected chi connectivity index (χ3v) is 5.45.